The molecule has 3 atom stereocenters. The van der Waals surface area contributed by atoms with Gasteiger partial charge in [0.05, 0.1) is 25.2 Å². The Balaban J connectivity index is 4.47. The van der Waals surface area contributed by atoms with E-state index in [2.05, 4.69) is 26.1 Å². The van der Waals surface area contributed by atoms with Crippen molar-refractivity contribution < 1.29 is 24.5 Å². The van der Waals surface area contributed by atoms with Crippen molar-refractivity contribution in [2.45, 2.75) is 257 Å². The standard InChI is InChI=1S/C43H85NO5/c1-4-7-10-13-16-19-21-22-23-26-29-32-35-41(46)40(38-45)44-42(47)37-39(34-31-28-25-18-15-12-9-6-3)49-43(48)36-33-30-27-24-20-17-14-11-8-5-2/h39-41,45-46H,4-38H2,1-3H3,(H,44,47). The maximum absolute atomic E-state index is 13.0. The van der Waals surface area contributed by atoms with Crippen molar-refractivity contribution in [3.63, 3.8) is 0 Å². The summed E-state index contributed by atoms with van der Waals surface area (Å²) >= 11 is 0. The number of aliphatic hydroxyl groups excluding tert-OH is 2. The van der Waals surface area contributed by atoms with Gasteiger partial charge in [-0.2, -0.15) is 0 Å². The Labute approximate surface area is 305 Å². The van der Waals surface area contributed by atoms with E-state index in [1.54, 1.807) is 0 Å². The lowest BCUT2D eigenvalue weighted by Gasteiger charge is -2.24. The van der Waals surface area contributed by atoms with Gasteiger partial charge in [-0.25, -0.2) is 0 Å². The first-order chi connectivity index (χ1) is 24.0. The molecule has 0 heterocycles. The Bertz CT molecular complexity index is 702. The van der Waals surface area contributed by atoms with Crippen LogP contribution in [-0.2, 0) is 14.3 Å². The zero-order valence-electron chi connectivity index (χ0n) is 33.1. The second kappa shape index (κ2) is 38.1. The molecule has 1 amide bonds. The normalized spacial score (nSPS) is 13.3. The minimum atomic E-state index is -0.776. The first-order valence-electron chi connectivity index (χ1n) is 21.8. The fourth-order valence-electron chi connectivity index (χ4n) is 6.84. The van der Waals surface area contributed by atoms with E-state index >= 15 is 0 Å². The summed E-state index contributed by atoms with van der Waals surface area (Å²) in [7, 11) is 0. The molecule has 0 saturated carbocycles. The number of esters is 1. The molecular weight excluding hydrogens is 610 g/mol. The van der Waals surface area contributed by atoms with Crippen molar-refractivity contribution in [3.8, 4) is 0 Å². The van der Waals surface area contributed by atoms with Crippen LogP contribution in [0.2, 0.25) is 0 Å². The molecule has 0 aromatic heterocycles. The van der Waals surface area contributed by atoms with Gasteiger partial charge < -0.3 is 20.3 Å². The summed E-state index contributed by atoms with van der Waals surface area (Å²) in [6.45, 7) is 6.44. The molecule has 6 nitrogen and oxygen atoms in total. The lowest BCUT2D eigenvalue weighted by molar-refractivity contribution is -0.151. The van der Waals surface area contributed by atoms with E-state index in [0.29, 0.717) is 19.3 Å². The third-order valence-electron chi connectivity index (χ3n) is 10.2. The molecule has 0 rings (SSSR count). The molecule has 0 aliphatic rings. The van der Waals surface area contributed by atoms with Gasteiger partial charge in [-0.15, -0.1) is 0 Å². The van der Waals surface area contributed by atoms with Crippen LogP contribution >= 0.6 is 0 Å². The van der Waals surface area contributed by atoms with E-state index < -0.39 is 18.2 Å². The highest BCUT2D eigenvalue weighted by atomic mass is 16.5. The molecule has 3 unspecified atom stereocenters. The maximum atomic E-state index is 13.0. The van der Waals surface area contributed by atoms with Crippen molar-refractivity contribution in [2.75, 3.05) is 6.61 Å². The van der Waals surface area contributed by atoms with Gasteiger partial charge in [0.25, 0.3) is 0 Å². The van der Waals surface area contributed by atoms with Gasteiger partial charge in [-0.05, 0) is 25.7 Å². The second-order valence-electron chi connectivity index (χ2n) is 15.1. The Morgan fingerprint density at radius 2 is 0.857 bits per heavy atom. The van der Waals surface area contributed by atoms with Crippen LogP contribution in [-0.4, -0.2) is 46.9 Å². The van der Waals surface area contributed by atoms with Gasteiger partial charge in [-0.1, -0.05) is 201 Å². The first-order valence-corrected chi connectivity index (χ1v) is 21.8. The predicted molar refractivity (Wildman–Crippen MR) is 209 cm³/mol. The first kappa shape index (κ1) is 47.9. The van der Waals surface area contributed by atoms with Crippen LogP contribution in [0.1, 0.15) is 239 Å². The van der Waals surface area contributed by atoms with E-state index in [1.165, 1.54) is 148 Å². The number of unbranched alkanes of at least 4 members (excludes halogenated alkanes) is 27. The summed E-state index contributed by atoms with van der Waals surface area (Å²) in [4.78, 5) is 25.8. The molecule has 49 heavy (non-hydrogen) atoms. The van der Waals surface area contributed by atoms with E-state index in [0.717, 1.165) is 44.9 Å². The molecule has 6 heteroatoms. The maximum Gasteiger partial charge on any atom is 0.306 e. The van der Waals surface area contributed by atoms with Crippen LogP contribution in [0, 0.1) is 0 Å². The number of nitrogens with one attached hydrogen (secondary N) is 1. The Kier molecular flexibility index (Phi) is 37.2. The topological polar surface area (TPSA) is 95.9 Å². The number of amides is 1. The minimum absolute atomic E-state index is 0.0854. The Morgan fingerprint density at radius 3 is 1.24 bits per heavy atom. The zero-order chi connectivity index (χ0) is 36.0. The summed E-state index contributed by atoms with van der Waals surface area (Å²) < 4.78 is 5.86. The van der Waals surface area contributed by atoms with Gasteiger partial charge in [-0.3, -0.25) is 9.59 Å². The fourth-order valence-corrected chi connectivity index (χ4v) is 6.84. The predicted octanol–water partition coefficient (Wildman–Crippen LogP) is 12.1. The average Bonchev–Trinajstić information content (AvgIpc) is 3.09. The van der Waals surface area contributed by atoms with Crippen LogP contribution in [0.3, 0.4) is 0 Å². The quantitative estimate of drug-likeness (QED) is 0.0439. The summed E-state index contributed by atoms with van der Waals surface area (Å²) in [5.74, 6) is -0.466. The van der Waals surface area contributed by atoms with Crippen molar-refractivity contribution in [1.29, 1.82) is 0 Å². The molecule has 0 aromatic rings. The summed E-state index contributed by atoms with van der Waals surface area (Å²) in [5, 5.41) is 23.5. The molecule has 0 aromatic carbocycles. The number of carbonyl (C=O) groups excluding carboxylic acids is 2. The molecule has 292 valence electrons. The Hall–Kier alpha value is -1.14. The lowest BCUT2D eigenvalue weighted by Crippen LogP contribution is -2.46. The van der Waals surface area contributed by atoms with E-state index in [9.17, 15) is 19.8 Å². The van der Waals surface area contributed by atoms with Crippen LogP contribution in [0.25, 0.3) is 0 Å². The molecule has 0 aliphatic carbocycles. The Morgan fingerprint density at radius 1 is 0.510 bits per heavy atom. The average molecular weight is 696 g/mol. The highest BCUT2D eigenvalue weighted by molar-refractivity contribution is 5.77. The molecular formula is C43H85NO5. The SMILES string of the molecule is CCCCCCCCCCCCCCC(O)C(CO)NC(=O)CC(CCCCCCCCCC)OC(=O)CCCCCCCCCCCC. The summed E-state index contributed by atoms with van der Waals surface area (Å²) in [6, 6.07) is -0.689. The van der Waals surface area contributed by atoms with Gasteiger partial charge in [0, 0.05) is 6.42 Å². The van der Waals surface area contributed by atoms with E-state index in [4.69, 9.17) is 4.74 Å². The molecule has 0 radical (unpaired) electrons. The number of hydrogen-bond donors (Lipinski definition) is 3. The van der Waals surface area contributed by atoms with Crippen LogP contribution < -0.4 is 5.32 Å². The van der Waals surface area contributed by atoms with Gasteiger partial charge in [0.15, 0.2) is 0 Å². The smallest absolute Gasteiger partial charge is 0.306 e. The van der Waals surface area contributed by atoms with Crippen molar-refractivity contribution in [2.24, 2.45) is 0 Å². The lowest BCUT2D eigenvalue weighted by atomic mass is 10.0. The highest BCUT2D eigenvalue weighted by Gasteiger charge is 2.24. The molecule has 0 bridgehead atoms. The summed E-state index contributed by atoms with van der Waals surface area (Å²) in [6.07, 6.45) is 37.3. The van der Waals surface area contributed by atoms with E-state index in [1.807, 2.05) is 0 Å². The van der Waals surface area contributed by atoms with Crippen molar-refractivity contribution in [1.82, 2.24) is 5.32 Å². The third-order valence-corrected chi connectivity index (χ3v) is 10.2. The summed E-state index contributed by atoms with van der Waals surface area (Å²) in [5.41, 5.74) is 0. The molecule has 0 spiro atoms. The monoisotopic (exact) mass is 696 g/mol. The minimum Gasteiger partial charge on any atom is -0.462 e. The molecule has 0 fully saturated rings. The zero-order valence-corrected chi connectivity index (χ0v) is 33.1. The highest BCUT2D eigenvalue weighted by Crippen LogP contribution is 2.18. The number of aliphatic hydroxyl groups is 2. The number of hydrogen-bond acceptors (Lipinski definition) is 5. The number of ether oxygens (including phenoxy) is 1. The molecule has 3 N–H and O–H groups in total. The van der Waals surface area contributed by atoms with Crippen LogP contribution in [0.4, 0.5) is 0 Å². The van der Waals surface area contributed by atoms with Gasteiger partial charge in [0.1, 0.15) is 6.10 Å². The largest absolute Gasteiger partial charge is 0.462 e. The second-order valence-corrected chi connectivity index (χ2v) is 15.1. The number of carbonyl (C=O) groups is 2. The van der Waals surface area contributed by atoms with Crippen molar-refractivity contribution in [3.05, 3.63) is 0 Å². The van der Waals surface area contributed by atoms with Crippen LogP contribution in [0.15, 0.2) is 0 Å². The molecule has 0 saturated heterocycles. The van der Waals surface area contributed by atoms with Crippen molar-refractivity contribution >= 4 is 11.9 Å². The van der Waals surface area contributed by atoms with Gasteiger partial charge in [0.2, 0.25) is 5.91 Å². The fraction of sp³-hybridized carbons (Fsp3) is 0.953. The number of rotatable bonds is 39. The van der Waals surface area contributed by atoms with Crippen LogP contribution in [0.5, 0.6) is 0 Å². The molecule has 0 aliphatic heterocycles. The van der Waals surface area contributed by atoms with E-state index in [-0.39, 0.29) is 24.9 Å². The third kappa shape index (κ3) is 33.7. The van der Waals surface area contributed by atoms with Gasteiger partial charge >= 0.3 is 5.97 Å².